The molecule has 0 bridgehead atoms. The van der Waals surface area contributed by atoms with E-state index < -0.39 is 0 Å². The van der Waals surface area contributed by atoms with Crippen molar-refractivity contribution in [3.05, 3.63) is 84.9 Å². The Kier molecular flexibility index (Phi) is 2.31. The maximum atomic E-state index is 3.32. The van der Waals surface area contributed by atoms with Gasteiger partial charge in [0.25, 0.3) is 0 Å². The highest BCUT2D eigenvalue weighted by Crippen LogP contribution is 2.29. The summed E-state index contributed by atoms with van der Waals surface area (Å²) in [6.07, 6.45) is 0. The summed E-state index contributed by atoms with van der Waals surface area (Å²) in [5.41, 5.74) is 0. The van der Waals surface area contributed by atoms with Gasteiger partial charge in [-0.1, -0.05) is 30.3 Å². The molecule has 0 saturated heterocycles. The van der Waals surface area contributed by atoms with E-state index in [9.17, 15) is 0 Å². The second-order valence-electron chi connectivity index (χ2n) is 5.78. The second kappa shape index (κ2) is 4.32. The van der Waals surface area contributed by atoms with Gasteiger partial charge in [0.1, 0.15) is 0 Å². The van der Waals surface area contributed by atoms with E-state index in [0.29, 0.717) is 0 Å². The average Bonchev–Trinajstić information content (AvgIpc) is 2.56. The molecule has 2 radical (unpaired) electrons. The first-order valence-electron chi connectivity index (χ1n) is 7.45. The molecule has 0 spiro atoms. The number of fused-ring (bicyclic) bond motifs is 4. The molecule has 0 saturated carbocycles. The van der Waals surface area contributed by atoms with Crippen molar-refractivity contribution in [1.29, 1.82) is 0 Å². The number of hydrogen-bond acceptors (Lipinski definition) is 0. The topological polar surface area (TPSA) is 0 Å². The quantitative estimate of drug-likeness (QED) is 0.309. The molecule has 5 aromatic rings. The van der Waals surface area contributed by atoms with E-state index in [-0.39, 0.29) is 0 Å². The summed E-state index contributed by atoms with van der Waals surface area (Å²) in [7, 11) is 0. The fourth-order valence-corrected chi connectivity index (χ4v) is 3.25. The smallest absolute Gasteiger partial charge is 0.00988 e. The van der Waals surface area contributed by atoms with Crippen molar-refractivity contribution >= 4 is 43.1 Å². The van der Waals surface area contributed by atoms with Gasteiger partial charge in [0.2, 0.25) is 0 Å². The van der Waals surface area contributed by atoms with Crippen molar-refractivity contribution in [2.24, 2.45) is 0 Å². The standard InChI is InChI=1S/C22H12/c1-2-6-16-10-20-14-22-12-18-8-4-3-7-17(18)11-21(22)13-19(20)9-15(16)5-1/h1-3,6-14H. The largest absolute Gasteiger partial charge is 0.0610 e. The van der Waals surface area contributed by atoms with Gasteiger partial charge in [-0.2, -0.15) is 0 Å². The van der Waals surface area contributed by atoms with Crippen molar-refractivity contribution < 1.29 is 0 Å². The zero-order chi connectivity index (χ0) is 14.5. The van der Waals surface area contributed by atoms with Crippen LogP contribution in [0.15, 0.2) is 72.8 Å². The van der Waals surface area contributed by atoms with Crippen molar-refractivity contribution in [3.63, 3.8) is 0 Å². The van der Waals surface area contributed by atoms with Gasteiger partial charge in [0.05, 0.1) is 0 Å². The Morgan fingerprint density at radius 2 is 1.23 bits per heavy atom. The summed E-state index contributed by atoms with van der Waals surface area (Å²) >= 11 is 0. The predicted octanol–water partition coefficient (Wildman–Crippen LogP) is 5.90. The van der Waals surface area contributed by atoms with Crippen LogP contribution in [-0.2, 0) is 0 Å². The minimum absolute atomic E-state index is 1.17. The summed E-state index contributed by atoms with van der Waals surface area (Å²) in [5, 5.41) is 10.0. The molecular weight excluding hydrogens is 264 g/mol. The lowest BCUT2D eigenvalue weighted by Gasteiger charge is -2.06. The lowest BCUT2D eigenvalue weighted by Crippen LogP contribution is -1.80. The summed E-state index contributed by atoms with van der Waals surface area (Å²) < 4.78 is 0. The lowest BCUT2D eigenvalue weighted by molar-refractivity contribution is 1.76. The average molecular weight is 276 g/mol. The molecule has 100 valence electrons. The van der Waals surface area contributed by atoms with Crippen LogP contribution in [0.1, 0.15) is 0 Å². The van der Waals surface area contributed by atoms with E-state index >= 15 is 0 Å². The molecule has 5 rings (SSSR count). The van der Waals surface area contributed by atoms with Crippen LogP contribution in [0.4, 0.5) is 0 Å². The second-order valence-corrected chi connectivity index (χ2v) is 5.78. The molecule has 0 heteroatoms. The lowest BCUT2D eigenvalue weighted by atomic mass is 9.97. The molecule has 5 aromatic carbocycles. The van der Waals surface area contributed by atoms with E-state index in [1.807, 2.05) is 24.3 Å². The van der Waals surface area contributed by atoms with Gasteiger partial charge in [0, 0.05) is 0 Å². The first kappa shape index (κ1) is 11.8. The first-order valence-corrected chi connectivity index (χ1v) is 7.45. The minimum atomic E-state index is 1.17. The van der Waals surface area contributed by atoms with Crippen LogP contribution in [0.3, 0.4) is 0 Å². The predicted molar refractivity (Wildman–Crippen MR) is 94.1 cm³/mol. The normalized spacial score (nSPS) is 11.6. The van der Waals surface area contributed by atoms with Crippen LogP contribution in [0.25, 0.3) is 43.1 Å². The molecule has 0 heterocycles. The summed E-state index contributed by atoms with van der Waals surface area (Å²) in [6, 6.07) is 32.3. The molecule has 0 aliphatic heterocycles. The number of rotatable bonds is 0. The maximum Gasteiger partial charge on any atom is -0.00988 e. The molecule has 0 N–H and O–H groups in total. The van der Waals surface area contributed by atoms with Crippen LogP contribution < -0.4 is 0 Å². The monoisotopic (exact) mass is 276 g/mol. The van der Waals surface area contributed by atoms with E-state index in [2.05, 4.69) is 60.7 Å². The highest BCUT2D eigenvalue weighted by molar-refractivity contribution is 6.07. The van der Waals surface area contributed by atoms with E-state index in [1.165, 1.54) is 43.1 Å². The van der Waals surface area contributed by atoms with Crippen molar-refractivity contribution in [3.8, 4) is 0 Å². The number of benzene rings is 5. The fourth-order valence-electron chi connectivity index (χ4n) is 3.25. The van der Waals surface area contributed by atoms with E-state index in [4.69, 9.17) is 0 Å². The van der Waals surface area contributed by atoms with Gasteiger partial charge in [-0.15, -0.1) is 0 Å². The Balaban J connectivity index is 1.93. The van der Waals surface area contributed by atoms with Gasteiger partial charge in [-0.25, -0.2) is 0 Å². The van der Waals surface area contributed by atoms with Crippen LogP contribution in [-0.4, -0.2) is 0 Å². The molecule has 0 aliphatic carbocycles. The molecule has 0 amide bonds. The Hall–Kier alpha value is -2.86. The summed E-state index contributed by atoms with van der Waals surface area (Å²) in [5.74, 6) is 0. The van der Waals surface area contributed by atoms with E-state index in [1.54, 1.807) is 0 Å². The third-order valence-electron chi connectivity index (χ3n) is 4.37. The third kappa shape index (κ3) is 1.71. The molecular formula is C22H12. The molecule has 0 atom stereocenters. The Bertz CT molecular complexity index is 982. The Labute approximate surface area is 128 Å². The zero-order valence-corrected chi connectivity index (χ0v) is 11.9. The third-order valence-corrected chi connectivity index (χ3v) is 4.37. The number of hydrogen-bond donors (Lipinski definition) is 0. The zero-order valence-electron chi connectivity index (χ0n) is 11.9. The van der Waals surface area contributed by atoms with Crippen LogP contribution >= 0.6 is 0 Å². The van der Waals surface area contributed by atoms with Crippen LogP contribution in [0, 0.1) is 12.1 Å². The molecule has 0 nitrogen and oxygen atoms in total. The van der Waals surface area contributed by atoms with Crippen LogP contribution in [0.2, 0.25) is 0 Å². The Morgan fingerprint density at radius 3 is 2.09 bits per heavy atom. The highest BCUT2D eigenvalue weighted by atomic mass is 14.1. The molecule has 0 aliphatic rings. The molecule has 22 heavy (non-hydrogen) atoms. The minimum Gasteiger partial charge on any atom is -0.0610 e. The van der Waals surface area contributed by atoms with Gasteiger partial charge >= 0.3 is 0 Å². The summed E-state index contributed by atoms with van der Waals surface area (Å²) in [6.45, 7) is 0. The summed E-state index contributed by atoms with van der Waals surface area (Å²) in [4.78, 5) is 0. The molecule has 0 unspecified atom stereocenters. The van der Waals surface area contributed by atoms with Gasteiger partial charge < -0.3 is 0 Å². The van der Waals surface area contributed by atoms with Gasteiger partial charge in [-0.3, -0.25) is 0 Å². The van der Waals surface area contributed by atoms with E-state index in [0.717, 1.165) is 0 Å². The molecule has 0 fully saturated rings. The first-order chi connectivity index (χ1) is 10.9. The maximum absolute atomic E-state index is 3.32. The SMILES string of the molecule is [c]1ccc2cc3cc4cc5[c]cccc5cc4cc3cc2c1. The van der Waals surface area contributed by atoms with Crippen LogP contribution in [0.5, 0.6) is 0 Å². The van der Waals surface area contributed by atoms with Gasteiger partial charge in [0.15, 0.2) is 0 Å². The highest BCUT2D eigenvalue weighted by Gasteiger charge is 2.02. The fraction of sp³-hybridized carbons (Fsp3) is 0. The van der Waals surface area contributed by atoms with Crippen molar-refractivity contribution in [2.45, 2.75) is 0 Å². The Morgan fingerprint density at radius 1 is 0.545 bits per heavy atom. The van der Waals surface area contributed by atoms with Gasteiger partial charge in [-0.05, 0) is 97.7 Å². The van der Waals surface area contributed by atoms with Crippen molar-refractivity contribution in [1.82, 2.24) is 0 Å². The van der Waals surface area contributed by atoms with Crippen molar-refractivity contribution in [2.75, 3.05) is 0 Å². The molecule has 0 aromatic heterocycles.